The summed E-state index contributed by atoms with van der Waals surface area (Å²) in [6.45, 7) is 5.65. The van der Waals surface area contributed by atoms with Crippen LogP contribution < -0.4 is 10.1 Å². The highest BCUT2D eigenvalue weighted by atomic mass is 16.5. The fraction of sp³-hybridized carbons (Fsp3) is 0.528. The monoisotopic (exact) mass is 586 g/mol. The van der Waals surface area contributed by atoms with Crippen LogP contribution in [0.5, 0.6) is 5.75 Å². The van der Waals surface area contributed by atoms with E-state index >= 15 is 0 Å². The smallest absolute Gasteiger partial charge is 0.311 e. The molecule has 0 unspecified atom stereocenters. The largest absolute Gasteiger partial charge is 0.427 e. The molecule has 232 valence electrons. The molecule has 0 aliphatic carbocycles. The van der Waals surface area contributed by atoms with Crippen molar-refractivity contribution in [1.82, 2.24) is 19.8 Å². The summed E-state index contributed by atoms with van der Waals surface area (Å²) in [6.07, 6.45) is 15.9. The third-order valence-corrected chi connectivity index (χ3v) is 8.52. The highest BCUT2D eigenvalue weighted by Gasteiger charge is 2.19. The molecule has 7 heteroatoms. The van der Waals surface area contributed by atoms with Gasteiger partial charge in [-0.3, -0.25) is 14.6 Å². The molecule has 0 atom stereocenters. The summed E-state index contributed by atoms with van der Waals surface area (Å²) in [5.74, 6) is 0.195. The second kappa shape index (κ2) is 15.9. The molecule has 2 aromatic heterocycles. The molecule has 4 aromatic rings. The number of carbonyl (C=O) groups excluding carboxylic acids is 2. The lowest BCUT2D eigenvalue weighted by atomic mass is 10.00. The molecule has 0 radical (unpaired) electrons. The zero-order valence-electron chi connectivity index (χ0n) is 26.9. The van der Waals surface area contributed by atoms with E-state index in [4.69, 9.17) is 4.74 Å². The number of aromatic nitrogens is 2. The zero-order chi connectivity index (χ0) is 30.8. The highest BCUT2D eigenvalue weighted by molar-refractivity contribution is 6.17. The Morgan fingerprint density at radius 3 is 2.21 bits per heavy atom. The van der Waals surface area contributed by atoms with Gasteiger partial charge in [0, 0.05) is 54.4 Å². The molecule has 43 heavy (non-hydrogen) atoms. The van der Waals surface area contributed by atoms with Crippen LogP contribution in [0.1, 0.15) is 100 Å². The van der Waals surface area contributed by atoms with Crippen molar-refractivity contribution < 1.29 is 14.3 Å². The number of fused-ring (bicyclic) bond motifs is 4. The summed E-state index contributed by atoms with van der Waals surface area (Å²) in [7, 11) is 6.01. The number of aryl methyl sites for hydroxylation is 2. The number of ether oxygens (including phenoxy) is 1. The Bertz CT molecular complexity index is 1540. The Hall–Kier alpha value is -3.45. The minimum Gasteiger partial charge on any atom is -0.427 e. The minimum atomic E-state index is -0.182. The molecule has 0 spiro atoms. The Morgan fingerprint density at radius 1 is 0.860 bits per heavy atom. The second-order valence-electron chi connectivity index (χ2n) is 12.2. The van der Waals surface area contributed by atoms with Gasteiger partial charge in [0.05, 0.1) is 5.52 Å². The number of likely N-dealkylation sites (N-methyl/N-ethyl adjacent to an activating group) is 1. The van der Waals surface area contributed by atoms with Crippen molar-refractivity contribution in [2.24, 2.45) is 7.05 Å². The van der Waals surface area contributed by atoms with Gasteiger partial charge in [0.2, 0.25) is 0 Å². The normalized spacial score (nSPS) is 11.7. The van der Waals surface area contributed by atoms with Gasteiger partial charge in [-0.15, -0.1) is 0 Å². The lowest BCUT2D eigenvalue weighted by molar-refractivity contribution is -0.134. The van der Waals surface area contributed by atoms with Crippen molar-refractivity contribution in [3.63, 3.8) is 0 Å². The van der Waals surface area contributed by atoms with Gasteiger partial charge < -0.3 is 19.5 Å². The highest BCUT2D eigenvalue weighted by Crippen LogP contribution is 2.37. The first kappa shape index (κ1) is 32.5. The Morgan fingerprint density at radius 2 is 1.53 bits per heavy atom. The lowest BCUT2D eigenvalue weighted by Crippen LogP contribution is -2.31. The molecule has 1 N–H and O–H groups in total. The molecule has 4 rings (SSSR count). The van der Waals surface area contributed by atoms with Crippen LogP contribution in [0.4, 0.5) is 0 Å². The predicted molar refractivity (Wildman–Crippen MR) is 178 cm³/mol. The molecule has 0 saturated carbocycles. The van der Waals surface area contributed by atoms with E-state index in [2.05, 4.69) is 41.8 Å². The molecule has 0 aliphatic heterocycles. The van der Waals surface area contributed by atoms with Crippen LogP contribution in [0.25, 0.3) is 32.6 Å². The van der Waals surface area contributed by atoms with Gasteiger partial charge in [-0.05, 0) is 68.7 Å². The summed E-state index contributed by atoms with van der Waals surface area (Å²) < 4.78 is 7.96. The molecule has 0 bridgehead atoms. The van der Waals surface area contributed by atoms with Crippen LogP contribution >= 0.6 is 0 Å². The third-order valence-electron chi connectivity index (χ3n) is 8.52. The molecule has 0 saturated heterocycles. The number of benzene rings is 2. The van der Waals surface area contributed by atoms with Crippen LogP contribution in [0, 0.1) is 6.92 Å². The molecule has 0 aliphatic rings. The van der Waals surface area contributed by atoms with E-state index in [0.717, 1.165) is 57.5 Å². The quantitative estimate of drug-likeness (QED) is 0.0769. The SMILES string of the molecule is CCCCCCCCCCCCCC(=O)Oc1ccc2c(c1)c1cc3c(C(=O)NCCN(C)C)nccc3c(C)c1n2C. The average molecular weight is 587 g/mol. The number of rotatable bonds is 17. The number of hydrogen-bond donors (Lipinski definition) is 1. The molecule has 2 heterocycles. The van der Waals surface area contributed by atoms with Gasteiger partial charge in [0.1, 0.15) is 11.4 Å². The van der Waals surface area contributed by atoms with Crippen LogP contribution in [0.2, 0.25) is 0 Å². The minimum absolute atomic E-state index is 0.177. The molecular weight excluding hydrogens is 536 g/mol. The first-order valence-electron chi connectivity index (χ1n) is 16.3. The summed E-state index contributed by atoms with van der Waals surface area (Å²) in [6, 6.07) is 9.87. The number of nitrogens with zero attached hydrogens (tertiary/aromatic N) is 3. The Balaban J connectivity index is 1.42. The van der Waals surface area contributed by atoms with E-state index < -0.39 is 0 Å². The number of hydrogen-bond acceptors (Lipinski definition) is 5. The van der Waals surface area contributed by atoms with E-state index in [1.165, 1.54) is 57.8 Å². The maximum absolute atomic E-state index is 13.1. The Labute approximate surface area is 257 Å². The van der Waals surface area contributed by atoms with Crippen LogP contribution in [-0.4, -0.2) is 53.5 Å². The number of nitrogens with one attached hydrogen (secondary N) is 1. The van der Waals surface area contributed by atoms with E-state index in [9.17, 15) is 9.59 Å². The maximum atomic E-state index is 13.1. The third kappa shape index (κ3) is 8.35. The summed E-state index contributed by atoms with van der Waals surface area (Å²) in [4.78, 5) is 32.3. The fourth-order valence-electron chi connectivity index (χ4n) is 6.11. The summed E-state index contributed by atoms with van der Waals surface area (Å²) in [5.41, 5.74) is 3.65. The first-order valence-corrected chi connectivity index (χ1v) is 16.3. The summed E-state index contributed by atoms with van der Waals surface area (Å²) in [5, 5.41) is 6.83. The van der Waals surface area contributed by atoms with Crippen LogP contribution in [0.3, 0.4) is 0 Å². The topological polar surface area (TPSA) is 76.5 Å². The van der Waals surface area contributed by atoms with E-state index in [-0.39, 0.29) is 11.9 Å². The standard InChI is InChI=1S/C36H50N4O3/c1-6-7-8-9-10-11-12-13-14-15-16-17-33(41)43-27-18-19-32-29(24-27)31-25-30-28(26(2)35(31)40(32)5)20-21-37-34(30)36(42)38-22-23-39(3)4/h18-21,24-25H,6-17,22-23H2,1-5H3,(H,38,42). The molecule has 1 amide bonds. The van der Waals surface area contributed by atoms with Gasteiger partial charge in [-0.25, -0.2) is 0 Å². The number of esters is 1. The zero-order valence-corrected chi connectivity index (χ0v) is 26.9. The van der Waals surface area contributed by atoms with Crippen molar-refractivity contribution in [1.29, 1.82) is 0 Å². The predicted octanol–water partition coefficient (Wildman–Crippen LogP) is 8.09. The van der Waals surface area contributed by atoms with Gasteiger partial charge in [0.15, 0.2) is 0 Å². The average Bonchev–Trinajstić information content (AvgIpc) is 3.26. The van der Waals surface area contributed by atoms with Gasteiger partial charge in [0.25, 0.3) is 5.91 Å². The van der Waals surface area contributed by atoms with E-state index in [1.807, 2.05) is 43.3 Å². The maximum Gasteiger partial charge on any atom is 0.311 e. The Kier molecular flexibility index (Phi) is 12.0. The molecular formula is C36H50N4O3. The molecule has 0 fully saturated rings. The molecule has 7 nitrogen and oxygen atoms in total. The van der Waals surface area contributed by atoms with E-state index in [0.29, 0.717) is 24.4 Å². The van der Waals surface area contributed by atoms with Crippen molar-refractivity contribution >= 4 is 44.5 Å². The number of unbranched alkanes of at least 4 members (excludes halogenated alkanes) is 10. The number of pyridine rings is 1. The van der Waals surface area contributed by atoms with Gasteiger partial charge in [-0.1, -0.05) is 71.1 Å². The number of carbonyl (C=O) groups is 2. The fourth-order valence-corrected chi connectivity index (χ4v) is 6.11. The second-order valence-corrected chi connectivity index (χ2v) is 12.2. The van der Waals surface area contributed by atoms with Crippen molar-refractivity contribution in [2.45, 2.75) is 90.9 Å². The van der Waals surface area contributed by atoms with E-state index in [1.54, 1.807) is 6.20 Å². The number of amides is 1. The summed E-state index contributed by atoms with van der Waals surface area (Å²) >= 11 is 0. The van der Waals surface area contributed by atoms with Crippen molar-refractivity contribution in [3.8, 4) is 5.75 Å². The van der Waals surface area contributed by atoms with Gasteiger partial charge in [-0.2, -0.15) is 0 Å². The van der Waals surface area contributed by atoms with Crippen LogP contribution in [0.15, 0.2) is 36.5 Å². The lowest BCUT2D eigenvalue weighted by Gasteiger charge is -2.12. The molecule has 2 aromatic carbocycles. The first-order chi connectivity index (χ1) is 20.8. The van der Waals surface area contributed by atoms with Crippen LogP contribution in [-0.2, 0) is 11.8 Å². The van der Waals surface area contributed by atoms with Gasteiger partial charge >= 0.3 is 5.97 Å². The van der Waals surface area contributed by atoms with Crippen molar-refractivity contribution in [2.75, 3.05) is 27.2 Å². The van der Waals surface area contributed by atoms with Crippen molar-refractivity contribution in [3.05, 3.63) is 47.8 Å².